The lowest BCUT2D eigenvalue weighted by atomic mass is 9.96. The molecule has 80 heavy (non-hydrogen) atoms. The molecule has 2 aromatic rings. The van der Waals surface area contributed by atoms with Crippen molar-refractivity contribution in [1.29, 1.82) is 0 Å². The van der Waals surface area contributed by atoms with Gasteiger partial charge in [-0.2, -0.15) is 0 Å². The summed E-state index contributed by atoms with van der Waals surface area (Å²) in [7, 11) is 0. The molecule has 0 aliphatic carbocycles. The minimum Gasteiger partial charge on any atom is -0.508 e. The molecule has 1 unspecified atom stereocenters. The normalized spacial score (nSPS) is 15.0. The summed E-state index contributed by atoms with van der Waals surface area (Å²) in [5.74, 6) is -14.9. The van der Waals surface area contributed by atoms with Gasteiger partial charge in [0, 0.05) is 25.7 Å². The molecule has 0 saturated heterocycles. The van der Waals surface area contributed by atoms with Crippen molar-refractivity contribution < 1.29 is 87.9 Å². The van der Waals surface area contributed by atoms with Gasteiger partial charge in [0.15, 0.2) is 0 Å². The molecular weight excluding hydrogens is 1050 g/mol. The van der Waals surface area contributed by atoms with E-state index >= 15 is 0 Å². The Bertz CT molecular complexity index is 2520. The van der Waals surface area contributed by atoms with Crippen LogP contribution in [0.4, 0.5) is 0 Å². The average Bonchev–Trinajstić information content (AvgIpc) is 3.38. The van der Waals surface area contributed by atoms with E-state index in [2.05, 4.69) is 47.9 Å². The lowest BCUT2D eigenvalue weighted by Gasteiger charge is -2.29. The monoisotopic (exact) mass is 1130 g/mol. The molecule has 2 rings (SSSR count). The summed E-state index contributed by atoms with van der Waals surface area (Å²) in [4.78, 5) is 169. The number of carboxylic acid groups (broad SMARTS) is 2. The molecular formula is C51H73N11O18. The quantitative estimate of drug-likeness (QED) is 0.0309. The zero-order valence-electron chi connectivity index (χ0n) is 44.8. The predicted molar refractivity (Wildman–Crippen MR) is 280 cm³/mol. The van der Waals surface area contributed by atoms with Crippen LogP contribution in [0, 0.1) is 5.92 Å². The van der Waals surface area contributed by atoms with Gasteiger partial charge in [0.25, 0.3) is 0 Å². The number of aliphatic hydroxyl groups is 2. The van der Waals surface area contributed by atoms with Gasteiger partial charge in [0.1, 0.15) is 60.1 Å². The van der Waals surface area contributed by atoms with Gasteiger partial charge in [0.05, 0.1) is 25.6 Å². The van der Waals surface area contributed by atoms with Crippen LogP contribution in [0.5, 0.6) is 5.75 Å². The van der Waals surface area contributed by atoms with Crippen molar-refractivity contribution >= 4 is 76.9 Å². The zero-order valence-corrected chi connectivity index (χ0v) is 44.8. The Labute approximate surface area is 459 Å². The molecule has 2 aromatic carbocycles. The first kappa shape index (κ1) is 67.4. The van der Waals surface area contributed by atoms with Crippen LogP contribution in [0.15, 0.2) is 54.6 Å². The van der Waals surface area contributed by atoms with Crippen molar-refractivity contribution in [1.82, 2.24) is 47.9 Å². The van der Waals surface area contributed by atoms with Crippen LogP contribution >= 0.6 is 0 Å². The lowest BCUT2D eigenvalue weighted by Crippen LogP contribution is -2.61. The maximum atomic E-state index is 14.2. The van der Waals surface area contributed by atoms with E-state index in [9.17, 15) is 87.9 Å². The molecule has 440 valence electrons. The second-order valence-corrected chi connectivity index (χ2v) is 19.0. The van der Waals surface area contributed by atoms with E-state index in [-0.39, 0.29) is 24.2 Å². The Morgan fingerprint density at radius 3 is 1.45 bits per heavy atom. The molecule has 0 radical (unpaired) electrons. The number of carboxylic acids is 2. The number of carbonyl (C=O) groups is 13. The summed E-state index contributed by atoms with van der Waals surface area (Å²) in [5, 5.41) is 70.1. The van der Waals surface area contributed by atoms with E-state index < -0.39 is 188 Å². The third kappa shape index (κ3) is 24.3. The molecule has 0 heterocycles. The standard InChI is InChI=1S/C51H73N11O18/c1-6-25(2)42(62-44(72)27(4)54-40(68)20-26(3)64)50(78)60-35(21-29-10-8-7-9-11-29)47(75)56-32(17-19-41(69)70)45(73)61-37(24-63)49(77)58-34(22-30-12-14-31(65)15-13-30)48(76)59-36(23-39(53)67)46(74)55-28(5)43(71)57-33(51(79)80)16-18-38(52)66/h7-15,25-28,32-37,42,63-65H,6,16-24H2,1-5H3,(H2,52,66)(H2,53,67)(H,54,68)(H,55,74)(H,56,75)(H,57,71)(H,58,77)(H,59,76)(H,60,78)(H,61,73)(H,62,72)(H,69,70)(H,79,80)/t25-,26?,27-,28-,32-,33-,34-,35-,36-,37-,42-/m0/s1. The number of nitrogens with two attached hydrogens (primary N) is 2. The van der Waals surface area contributed by atoms with E-state index in [1.54, 1.807) is 44.2 Å². The van der Waals surface area contributed by atoms with Crippen LogP contribution in [0.1, 0.15) is 90.7 Å². The predicted octanol–water partition coefficient (Wildman–Crippen LogP) is -4.52. The van der Waals surface area contributed by atoms with Crippen molar-refractivity contribution in [3.8, 4) is 5.75 Å². The van der Waals surface area contributed by atoms with Gasteiger partial charge in [0.2, 0.25) is 65.0 Å². The average molecular weight is 1130 g/mol. The number of benzene rings is 2. The van der Waals surface area contributed by atoms with Crippen LogP contribution in [0.3, 0.4) is 0 Å². The molecule has 0 fully saturated rings. The fourth-order valence-corrected chi connectivity index (χ4v) is 7.46. The molecule has 0 aliphatic heterocycles. The SMILES string of the molecule is CC[C@H](C)[C@H](NC(=O)[C@H](C)NC(=O)CC(C)O)C(=O)N[C@@H](Cc1ccccc1)C(=O)N[C@@H](CCC(=O)O)C(=O)N[C@@H](CO)C(=O)N[C@@H](Cc1ccc(O)cc1)C(=O)N[C@@H](CC(N)=O)C(=O)N[C@@H](C)C(=O)N[C@@H](CCC(N)=O)C(=O)O. The Hall–Kier alpha value is -8.73. The summed E-state index contributed by atoms with van der Waals surface area (Å²) in [6.45, 7) is 6.06. The van der Waals surface area contributed by atoms with Gasteiger partial charge in [-0.1, -0.05) is 62.7 Å². The summed E-state index contributed by atoms with van der Waals surface area (Å²) in [6.07, 6.45) is -4.65. The second kappa shape index (κ2) is 33.5. The number of aliphatic carboxylic acids is 2. The zero-order chi connectivity index (χ0) is 60.4. The lowest BCUT2D eigenvalue weighted by molar-refractivity contribution is -0.142. The van der Waals surface area contributed by atoms with Crippen LogP contribution in [0.2, 0.25) is 0 Å². The van der Waals surface area contributed by atoms with Crippen LogP contribution in [-0.2, 0) is 75.2 Å². The maximum Gasteiger partial charge on any atom is 0.326 e. The molecule has 29 nitrogen and oxygen atoms in total. The first-order valence-electron chi connectivity index (χ1n) is 25.4. The van der Waals surface area contributed by atoms with Gasteiger partial charge in [-0.3, -0.25) is 57.5 Å². The molecule has 0 aromatic heterocycles. The number of carbonyl (C=O) groups excluding carboxylic acids is 11. The molecule has 0 aliphatic rings. The topological polar surface area (TPSA) is 483 Å². The van der Waals surface area contributed by atoms with Gasteiger partial charge in [-0.15, -0.1) is 0 Å². The maximum absolute atomic E-state index is 14.2. The van der Waals surface area contributed by atoms with Gasteiger partial charge in [-0.05, 0) is 62.8 Å². The number of hydrogen-bond acceptors (Lipinski definition) is 16. The van der Waals surface area contributed by atoms with E-state index in [0.29, 0.717) is 12.0 Å². The number of rotatable bonds is 35. The van der Waals surface area contributed by atoms with Gasteiger partial charge in [-0.25, -0.2) is 4.79 Å². The Balaban J connectivity index is 2.45. The van der Waals surface area contributed by atoms with Crippen LogP contribution < -0.4 is 59.3 Å². The highest BCUT2D eigenvalue weighted by Gasteiger charge is 2.36. The minimum atomic E-state index is -1.96. The fraction of sp³-hybridized carbons (Fsp3) is 0.510. The molecule has 0 saturated carbocycles. The summed E-state index contributed by atoms with van der Waals surface area (Å²) < 4.78 is 0. The summed E-state index contributed by atoms with van der Waals surface area (Å²) in [6, 6.07) is -1.05. The van der Waals surface area contributed by atoms with Crippen molar-refractivity contribution in [3.63, 3.8) is 0 Å². The molecule has 29 heteroatoms. The third-order valence-electron chi connectivity index (χ3n) is 12.1. The Morgan fingerprint density at radius 1 is 0.487 bits per heavy atom. The van der Waals surface area contributed by atoms with Gasteiger partial charge >= 0.3 is 11.9 Å². The number of aliphatic hydroxyl groups excluding tert-OH is 2. The van der Waals surface area contributed by atoms with E-state index in [1.807, 2.05) is 0 Å². The third-order valence-corrected chi connectivity index (χ3v) is 12.1. The molecule has 0 spiro atoms. The number of phenols is 1. The minimum absolute atomic E-state index is 0.193. The number of primary amides is 2. The molecule has 11 atom stereocenters. The largest absolute Gasteiger partial charge is 0.508 e. The highest BCUT2D eigenvalue weighted by molar-refractivity contribution is 5.99. The number of nitrogens with one attached hydrogen (secondary N) is 9. The van der Waals surface area contributed by atoms with Crippen molar-refractivity contribution in [2.24, 2.45) is 17.4 Å². The molecule has 0 bridgehead atoms. The van der Waals surface area contributed by atoms with Crippen molar-refractivity contribution in [2.45, 2.75) is 153 Å². The summed E-state index contributed by atoms with van der Waals surface area (Å²) in [5.41, 5.74) is 11.2. The summed E-state index contributed by atoms with van der Waals surface area (Å²) >= 11 is 0. The van der Waals surface area contributed by atoms with E-state index in [4.69, 9.17) is 11.5 Å². The first-order valence-corrected chi connectivity index (χ1v) is 25.4. The van der Waals surface area contributed by atoms with Crippen LogP contribution in [0.25, 0.3) is 0 Å². The Kier molecular flexibility index (Phi) is 28.2. The number of phenolic OH excluding ortho intramolecular Hbond substituents is 1. The van der Waals surface area contributed by atoms with Crippen molar-refractivity contribution in [2.75, 3.05) is 6.61 Å². The molecule has 11 amide bonds. The van der Waals surface area contributed by atoms with E-state index in [0.717, 1.165) is 6.92 Å². The highest BCUT2D eigenvalue weighted by Crippen LogP contribution is 2.14. The highest BCUT2D eigenvalue weighted by atomic mass is 16.4. The smallest absolute Gasteiger partial charge is 0.326 e. The van der Waals surface area contributed by atoms with Crippen LogP contribution in [-0.4, -0.2) is 170 Å². The van der Waals surface area contributed by atoms with E-state index in [1.165, 1.54) is 38.1 Å². The number of aromatic hydroxyl groups is 1. The van der Waals surface area contributed by atoms with Gasteiger partial charge < -0.3 is 84.9 Å². The Morgan fingerprint density at radius 2 is 0.938 bits per heavy atom. The first-order chi connectivity index (χ1) is 37.5. The second-order valence-electron chi connectivity index (χ2n) is 19.0. The molecule has 18 N–H and O–H groups in total. The fourth-order valence-electron chi connectivity index (χ4n) is 7.46. The number of amides is 11. The number of hydrogen-bond donors (Lipinski definition) is 16. The van der Waals surface area contributed by atoms with Crippen molar-refractivity contribution in [3.05, 3.63) is 65.7 Å².